The van der Waals surface area contributed by atoms with E-state index >= 15 is 0 Å². The summed E-state index contributed by atoms with van der Waals surface area (Å²) in [6.07, 6.45) is 1.80. The zero-order valence-corrected chi connectivity index (χ0v) is 8.80. The maximum absolute atomic E-state index is 10.2. The van der Waals surface area contributed by atoms with Crippen molar-refractivity contribution in [1.82, 2.24) is 5.32 Å². The standard InChI is InChI=1S/C10H13NO2S/c1-14-9-4-2-8(3-5-9)6-7-11-10(12)13/h2-5,11H,6-7H2,1H3,(H,12,13). The van der Waals surface area contributed by atoms with E-state index in [-0.39, 0.29) is 0 Å². The Kier molecular flexibility index (Phi) is 4.32. The summed E-state index contributed by atoms with van der Waals surface area (Å²) >= 11 is 1.70. The Morgan fingerprint density at radius 2 is 2.07 bits per heavy atom. The second-order valence-corrected chi connectivity index (χ2v) is 3.71. The van der Waals surface area contributed by atoms with Crippen LogP contribution in [0.5, 0.6) is 0 Å². The maximum atomic E-state index is 10.2. The molecule has 0 heterocycles. The average Bonchev–Trinajstić information content (AvgIpc) is 2.18. The molecule has 0 radical (unpaired) electrons. The molecule has 0 aliphatic rings. The van der Waals surface area contributed by atoms with Gasteiger partial charge < -0.3 is 10.4 Å². The van der Waals surface area contributed by atoms with Crippen molar-refractivity contribution in [3.8, 4) is 0 Å². The van der Waals surface area contributed by atoms with Gasteiger partial charge in [-0.25, -0.2) is 4.79 Å². The van der Waals surface area contributed by atoms with Gasteiger partial charge in [0, 0.05) is 11.4 Å². The first-order valence-electron chi connectivity index (χ1n) is 4.32. The Bertz CT molecular complexity index is 297. The molecule has 1 rings (SSSR count). The van der Waals surface area contributed by atoms with Crippen LogP contribution in [0.2, 0.25) is 0 Å². The number of rotatable bonds is 4. The van der Waals surface area contributed by atoms with Gasteiger partial charge in [0.1, 0.15) is 0 Å². The minimum absolute atomic E-state index is 0.466. The molecule has 0 bridgehead atoms. The Balaban J connectivity index is 2.40. The third-order valence-corrected chi connectivity index (χ3v) is 2.59. The molecule has 1 aromatic carbocycles. The number of carbonyl (C=O) groups is 1. The van der Waals surface area contributed by atoms with Crippen LogP contribution in [-0.2, 0) is 6.42 Å². The van der Waals surface area contributed by atoms with Gasteiger partial charge in [0.2, 0.25) is 0 Å². The van der Waals surface area contributed by atoms with E-state index in [1.165, 1.54) is 4.90 Å². The van der Waals surface area contributed by atoms with Gasteiger partial charge in [0.25, 0.3) is 0 Å². The zero-order chi connectivity index (χ0) is 10.4. The highest BCUT2D eigenvalue weighted by atomic mass is 32.2. The summed E-state index contributed by atoms with van der Waals surface area (Å²) in [7, 11) is 0. The summed E-state index contributed by atoms with van der Waals surface area (Å²) in [6, 6.07) is 8.13. The van der Waals surface area contributed by atoms with Crippen molar-refractivity contribution in [3.05, 3.63) is 29.8 Å². The lowest BCUT2D eigenvalue weighted by Crippen LogP contribution is -2.23. The first kappa shape index (κ1) is 10.9. The minimum atomic E-state index is -0.967. The predicted octanol–water partition coefficient (Wildman–Crippen LogP) is 2.22. The van der Waals surface area contributed by atoms with Gasteiger partial charge in [0.15, 0.2) is 0 Å². The van der Waals surface area contributed by atoms with Crippen LogP contribution in [0.25, 0.3) is 0 Å². The molecule has 14 heavy (non-hydrogen) atoms. The molecule has 3 nitrogen and oxygen atoms in total. The van der Waals surface area contributed by atoms with Crippen LogP contribution in [0.1, 0.15) is 5.56 Å². The average molecular weight is 211 g/mol. The maximum Gasteiger partial charge on any atom is 0.404 e. The Hall–Kier alpha value is -1.16. The Labute approximate surface area is 87.5 Å². The molecule has 0 spiro atoms. The van der Waals surface area contributed by atoms with Gasteiger partial charge in [-0.1, -0.05) is 12.1 Å². The smallest absolute Gasteiger partial charge is 0.404 e. The fraction of sp³-hybridized carbons (Fsp3) is 0.300. The summed E-state index contributed by atoms with van der Waals surface area (Å²) in [5, 5.41) is 10.7. The third-order valence-electron chi connectivity index (χ3n) is 1.85. The van der Waals surface area contributed by atoms with E-state index in [1.54, 1.807) is 11.8 Å². The monoisotopic (exact) mass is 211 g/mol. The van der Waals surface area contributed by atoms with Crippen molar-refractivity contribution in [1.29, 1.82) is 0 Å². The minimum Gasteiger partial charge on any atom is -0.465 e. The van der Waals surface area contributed by atoms with Gasteiger partial charge in [-0.05, 0) is 30.4 Å². The van der Waals surface area contributed by atoms with Crippen molar-refractivity contribution in [2.24, 2.45) is 0 Å². The first-order chi connectivity index (χ1) is 6.72. The molecular weight excluding hydrogens is 198 g/mol. The SMILES string of the molecule is CSc1ccc(CCNC(=O)O)cc1. The lowest BCUT2D eigenvalue weighted by molar-refractivity contribution is 0.194. The molecule has 0 saturated carbocycles. The van der Waals surface area contributed by atoms with Crippen molar-refractivity contribution in [3.63, 3.8) is 0 Å². The Morgan fingerprint density at radius 3 is 2.57 bits per heavy atom. The first-order valence-corrected chi connectivity index (χ1v) is 5.54. The van der Waals surface area contributed by atoms with Crippen LogP contribution in [0, 0.1) is 0 Å². The van der Waals surface area contributed by atoms with E-state index < -0.39 is 6.09 Å². The molecule has 0 atom stereocenters. The second-order valence-electron chi connectivity index (χ2n) is 2.83. The second kappa shape index (κ2) is 5.54. The zero-order valence-electron chi connectivity index (χ0n) is 7.99. The quantitative estimate of drug-likeness (QED) is 0.751. The van der Waals surface area contributed by atoms with Crippen molar-refractivity contribution in [2.75, 3.05) is 12.8 Å². The number of hydrogen-bond donors (Lipinski definition) is 2. The van der Waals surface area contributed by atoms with Crippen LogP contribution in [0.4, 0.5) is 4.79 Å². The summed E-state index contributed by atoms with van der Waals surface area (Å²) in [6.45, 7) is 0.466. The molecule has 0 aliphatic heterocycles. The fourth-order valence-electron chi connectivity index (χ4n) is 1.11. The molecule has 0 unspecified atom stereocenters. The van der Waals surface area contributed by atoms with E-state index in [0.29, 0.717) is 6.54 Å². The largest absolute Gasteiger partial charge is 0.465 e. The molecule has 0 aromatic heterocycles. The predicted molar refractivity (Wildman–Crippen MR) is 58.0 cm³/mol. The van der Waals surface area contributed by atoms with Crippen LogP contribution in [-0.4, -0.2) is 24.0 Å². The van der Waals surface area contributed by atoms with Gasteiger partial charge in [-0.2, -0.15) is 0 Å². The molecule has 2 N–H and O–H groups in total. The fourth-order valence-corrected chi connectivity index (χ4v) is 1.51. The summed E-state index contributed by atoms with van der Waals surface area (Å²) < 4.78 is 0. The number of benzene rings is 1. The molecule has 0 aliphatic carbocycles. The molecule has 1 aromatic rings. The topological polar surface area (TPSA) is 49.3 Å². The van der Waals surface area contributed by atoms with Gasteiger partial charge in [-0.3, -0.25) is 0 Å². The van der Waals surface area contributed by atoms with Gasteiger partial charge in [-0.15, -0.1) is 11.8 Å². The van der Waals surface area contributed by atoms with Crippen LogP contribution >= 0.6 is 11.8 Å². The molecular formula is C10H13NO2S. The van der Waals surface area contributed by atoms with Crippen molar-refractivity contribution >= 4 is 17.9 Å². The lowest BCUT2D eigenvalue weighted by atomic mass is 10.1. The number of carboxylic acid groups (broad SMARTS) is 1. The molecule has 0 fully saturated rings. The summed E-state index contributed by atoms with van der Waals surface area (Å²) in [5.41, 5.74) is 1.15. The van der Waals surface area contributed by atoms with E-state index in [1.807, 2.05) is 30.5 Å². The molecule has 0 saturated heterocycles. The highest BCUT2D eigenvalue weighted by Crippen LogP contribution is 2.14. The highest BCUT2D eigenvalue weighted by molar-refractivity contribution is 7.98. The normalized spacial score (nSPS) is 9.79. The van der Waals surface area contributed by atoms with Crippen LogP contribution in [0.15, 0.2) is 29.2 Å². The number of hydrogen-bond acceptors (Lipinski definition) is 2. The van der Waals surface area contributed by atoms with Crippen LogP contribution < -0.4 is 5.32 Å². The highest BCUT2D eigenvalue weighted by Gasteiger charge is 1.96. The number of thioether (sulfide) groups is 1. The van der Waals surface area contributed by atoms with Gasteiger partial charge >= 0.3 is 6.09 Å². The molecule has 1 amide bonds. The van der Waals surface area contributed by atoms with Gasteiger partial charge in [0.05, 0.1) is 0 Å². The summed E-state index contributed by atoms with van der Waals surface area (Å²) in [4.78, 5) is 11.4. The van der Waals surface area contributed by atoms with Crippen molar-refractivity contribution < 1.29 is 9.90 Å². The van der Waals surface area contributed by atoms with Crippen LogP contribution in [0.3, 0.4) is 0 Å². The van der Waals surface area contributed by atoms with E-state index in [9.17, 15) is 4.79 Å². The van der Waals surface area contributed by atoms with E-state index in [0.717, 1.165) is 12.0 Å². The summed E-state index contributed by atoms with van der Waals surface area (Å²) in [5.74, 6) is 0. The van der Waals surface area contributed by atoms with E-state index in [4.69, 9.17) is 5.11 Å². The van der Waals surface area contributed by atoms with Crippen molar-refractivity contribution in [2.45, 2.75) is 11.3 Å². The number of nitrogens with one attached hydrogen (secondary N) is 1. The molecule has 76 valence electrons. The van der Waals surface area contributed by atoms with E-state index in [2.05, 4.69) is 5.32 Å². The number of amides is 1. The lowest BCUT2D eigenvalue weighted by Gasteiger charge is -2.02. The molecule has 4 heteroatoms. The third kappa shape index (κ3) is 3.70. The Morgan fingerprint density at radius 1 is 1.43 bits per heavy atom.